The van der Waals surface area contributed by atoms with Gasteiger partial charge in [-0.2, -0.15) is 0 Å². The third kappa shape index (κ3) is 28.6. The zero-order valence-corrected chi connectivity index (χ0v) is 41.6. The number of allylic oxidation sites excluding steroid dienone is 6. The molecule has 392 valence electrons. The van der Waals surface area contributed by atoms with Crippen molar-refractivity contribution in [2.24, 2.45) is 0 Å². The van der Waals surface area contributed by atoms with Gasteiger partial charge in [0, 0.05) is 13.0 Å². The van der Waals surface area contributed by atoms with Gasteiger partial charge in [0.1, 0.15) is 54.9 Å². The maximum absolute atomic E-state index is 13.0. The van der Waals surface area contributed by atoms with E-state index in [9.17, 15) is 40.5 Å². The Labute approximate surface area is 404 Å². The van der Waals surface area contributed by atoms with E-state index in [1.54, 1.807) is 0 Å². The van der Waals surface area contributed by atoms with Crippen LogP contribution in [0.4, 0.5) is 0 Å². The molecule has 0 radical (unpaired) electrons. The molecule has 0 amide bonds. The summed E-state index contributed by atoms with van der Waals surface area (Å²) in [6, 6.07) is 0. The van der Waals surface area contributed by atoms with Crippen molar-refractivity contribution in [2.75, 3.05) is 33.0 Å². The van der Waals surface area contributed by atoms with Gasteiger partial charge in [-0.05, 0) is 70.6 Å². The highest BCUT2D eigenvalue weighted by Crippen LogP contribution is 2.26. The van der Waals surface area contributed by atoms with E-state index in [1.807, 2.05) is 0 Å². The average molecular weight is 957 g/mol. The minimum Gasteiger partial charge on any atom is -0.457 e. The van der Waals surface area contributed by atoms with Crippen LogP contribution in [0.15, 0.2) is 36.5 Å². The maximum atomic E-state index is 13.0. The molecule has 2 rings (SSSR count). The van der Waals surface area contributed by atoms with Gasteiger partial charge in [0.05, 0.1) is 26.4 Å². The monoisotopic (exact) mass is 957 g/mol. The van der Waals surface area contributed by atoms with E-state index in [2.05, 4.69) is 50.3 Å². The third-order valence-corrected chi connectivity index (χ3v) is 12.6. The summed E-state index contributed by atoms with van der Waals surface area (Å²) in [4.78, 5) is 13.0. The molecular weight excluding hydrogens is 861 g/mol. The van der Waals surface area contributed by atoms with E-state index in [0.717, 1.165) is 57.8 Å². The summed E-state index contributed by atoms with van der Waals surface area (Å²) in [6.45, 7) is 3.64. The molecule has 0 aromatic rings. The molecule has 0 spiro atoms. The second kappa shape index (κ2) is 40.9. The lowest BCUT2D eigenvalue weighted by molar-refractivity contribution is -0.332. The van der Waals surface area contributed by atoms with E-state index < -0.39 is 80.7 Å². The van der Waals surface area contributed by atoms with E-state index in [0.29, 0.717) is 13.0 Å². The fourth-order valence-electron chi connectivity index (χ4n) is 8.25. The van der Waals surface area contributed by atoms with Gasteiger partial charge < -0.3 is 64.2 Å². The van der Waals surface area contributed by atoms with Gasteiger partial charge in [0.25, 0.3) is 0 Å². The van der Waals surface area contributed by atoms with Crippen LogP contribution in [-0.4, -0.2) is 142 Å². The maximum Gasteiger partial charge on any atom is 0.306 e. The summed E-state index contributed by atoms with van der Waals surface area (Å²) >= 11 is 0. The molecule has 2 aliphatic rings. The van der Waals surface area contributed by atoms with Crippen molar-refractivity contribution in [3.63, 3.8) is 0 Å². The van der Waals surface area contributed by atoms with Gasteiger partial charge in [-0.1, -0.05) is 153 Å². The number of esters is 1. The van der Waals surface area contributed by atoms with E-state index in [1.165, 1.54) is 109 Å². The first kappa shape index (κ1) is 61.3. The quantitative estimate of drug-likeness (QED) is 0.0175. The molecule has 11 atom stereocenters. The Morgan fingerprint density at radius 2 is 0.925 bits per heavy atom. The number of unbranched alkanes of at least 4 members (excludes halogenated alkanes) is 22. The summed E-state index contributed by atoms with van der Waals surface area (Å²) in [6.07, 6.45) is 29.1. The van der Waals surface area contributed by atoms with Crippen LogP contribution in [0.1, 0.15) is 194 Å². The predicted octanol–water partition coefficient (Wildman–Crippen LogP) is 8.19. The number of carbonyl (C=O) groups excluding carboxylic acids is 1. The molecule has 14 nitrogen and oxygen atoms in total. The molecule has 11 unspecified atom stereocenters. The van der Waals surface area contributed by atoms with Crippen molar-refractivity contribution in [3.8, 4) is 0 Å². The van der Waals surface area contributed by atoms with E-state index >= 15 is 0 Å². The largest absolute Gasteiger partial charge is 0.457 e. The molecule has 2 fully saturated rings. The van der Waals surface area contributed by atoms with Gasteiger partial charge in [0.2, 0.25) is 0 Å². The van der Waals surface area contributed by atoms with Crippen molar-refractivity contribution >= 4 is 5.97 Å². The first-order valence-corrected chi connectivity index (χ1v) is 26.6. The molecule has 14 heteroatoms. The first-order valence-electron chi connectivity index (χ1n) is 26.6. The fraction of sp³-hybridized carbons (Fsp3) is 0.868. The number of aliphatic hydroxyl groups is 7. The smallest absolute Gasteiger partial charge is 0.306 e. The zero-order valence-electron chi connectivity index (χ0n) is 41.6. The Hall–Kier alpha value is -1.79. The molecular formula is C53H96O14. The van der Waals surface area contributed by atoms with Crippen LogP contribution < -0.4 is 0 Å². The number of aliphatic hydroxyl groups excluding tert-OH is 7. The number of rotatable bonds is 42. The molecule has 2 aliphatic heterocycles. The van der Waals surface area contributed by atoms with Crippen LogP contribution in [0, 0.1) is 0 Å². The highest BCUT2D eigenvalue weighted by molar-refractivity contribution is 5.69. The SMILES string of the molecule is CCCCC/C=C\C/C=C\CCCCCCCCCC(=O)OC(COCCCCCCCC/C=C\CCCCCCCC)COC1OC(COC2OC(CO)C(O)C(O)C2O)C(O)C(O)C1O. The second-order valence-corrected chi connectivity index (χ2v) is 18.7. The molecule has 0 aliphatic carbocycles. The molecule has 0 bridgehead atoms. The van der Waals surface area contributed by atoms with Gasteiger partial charge in [-0.3, -0.25) is 4.79 Å². The molecule has 0 aromatic heterocycles. The lowest BCUT2D eigenvalue weighted by Gasteiger charge is -2.42. The number of carbonyl (C=O) groups is 1. The average Bonchev–Trinajstić information content (AvgIpc) is 3.32. The van der Waals surface area contributed by atoms with Crippen molar-refractivity contribution in [1.29, 1.82) is 0 Å². The lowest BCUT2D eigenvalue weighted by Crippen LogP contribution is -2.61. The molecule has 2 heterocycles. The van der Waals surface area contributed by atoms with E-state index in [4.69, 9.17) is 28.4 Å². The Kier molecular flexibility index (Phi) is 37.4. The second-order valence-electron chi connectivity index (χ2n) is 18.7. The normalized spacial score (nSPS) is 26.3. The minimum atomic E-state index is -1.71. The van der Waals surface area contributed by atoms with Crippen molar-refractivity contribution in [3.05, 3.63) is 36.5 Å². The fourth-order valence-corrected chi connectivity index (χ4v) is 8.25. The Morgan fingerprint density at radius 3 is 1.48 bits per heavy atom. The number of hydrogen-bond acceptors (Lipinski definition) is 14. The third-order valence-electron chi connectivity index (χ3n) is 12.6. The van der Waals surface area contributed by atoms with Crippen LogP contribution in [0.2, 0.25) is 0 Å². The van der Waals surface area contributed by atoms with Crippen molar-refractivity contribution in [1.82, 2.24) is 0 Å². The zero-order chi connectivity index (χ0) is 48.7. The summed E-state index contributed by atoms with van der Waals surface area (Å²) < 4.78 is 34.3. The van der Waals surface area contributed by atoms with Gasteiger partial charge in [-0.25, -0.2) is 0 Å². The minimum absolute atomic E-state index is 0.0550. The van der Waals surface area contributed by atoms with Crippen LogP contribution in [0.25, 0.3) is 0 Å². The standard InChI is InChI=1S/C53H96O14/c1-3-5-7-9-11-13-15-17-19-21-22-24-26-28-30-32-34-36-45(55)65-42(39-62-37-35-33-31-29-27-25-23-20-18-16-14-12-10-8-6-4-2)40-63-52-51(61)49(59)47(57)44(67-52)41-64-53-50(60)48(58)46(56)43(38-54)66-53/h11,13,17-20,42-44,46-54,56-61H,3-10,12,14-16,21-41H2,1-2H3/b13-11-,19-17-,20-18-. The number of hydrogen-bond donors (Lipinski definition) is 7. The molecule has 7 N–H and O–H groups in total. The lowest BCUT2D eigenvalue weighted by atomic mass is 9.98. The first-order chi connectivity index (χ1) is 32.6. The Balaban J connectivity index is 1.77. The molecule has 0 saturated carbocycles. The summed E-state index contributed by atoms with van der Waals surface area (Å²) in [5, 5.41) is 72.2. The topological polar surface area (TPSA) is 214 Å². The van der Waals surface area contributed by atoms with E-state index in [-0.39, 0.29) is 25.6 Å². The summed E-state index contributed by atoms with van der Waals surface area (Å²) in [5.74, 6) is -0.386. The molecule has 2 saturated heterocycles. The molecule has 67 heavy (non-hydrogen) atoms. The van der Waals surface area contributed by atoms with Gasteiger partial charge in [0.15, 0.2) is 12.6 Å². The summed E-state index contributed by atoms with van der Waals surface area (Å²) in [5.41, 5.74) is 0. The summed E-state index contributed by atoms with van der Waals surface area (Å²) in [7, 11) is 0. The van der Waals surface area contributed by atoms with Crippen LogP contribution in [0.3, 0.4) is 0 Å². The number of ether oxygens (including phenoxy) is 6. The Bertz CT molecular complexity index is 1250. The predicted molar refractivity (Wildman–Crippen MR) is 261 cm³/mol. The van der Waals surface area contributed by atoms with Crippen molar-refractivity contribution < 1.29 is 69.0 Å². The van der Waals surface area contributed by atoms with Gasteiger partial charge in [-0.15, -0.1) is 0 Å². The van der Waals surface area contributed by atoms with Crippen LogP contribution in [-0.2, 0) is 33.2 Å². The van der Waals surface area contributed by atoms with Gasteiger partial charge >= 0.3 is 5.97 Å². The van der Waals surface area contributed by atoms with Crippen LogP contribution in [0.5, 0.6) is 0 Å². The van der Waals surface area contributed by atoms with Crippen LogP contribution >= 0.6 is 0 Å². The highest BCUT2D eigenvalue weighted by Gasteiger charge is 2.47. The Morgan fingerprint density at radius 1 is 0.493 bits per heavy atom. The van der Waals surface area contributed by atoms with Crippen molar-refractivity contribution in [2.45, 2.75) is 261 Å². The molecule has 0 aromatic carbocycles. The highest BCUT2D eigenvalue weighted by atomic mass is 16.7.